The molecule has 1 aromatic carbocycles. The molecule has 0 aromatic heterocycles. The van der Waals surface area contributed by atoms with Crippen LogP contribution in [0.25, 0.3) is 0 Å². The first-order valence-corrected chi connectivity index (χ1v) is 6.60. The number of rotatable bonds is 5. The number of carbonyl (C=O) groups excluding carboxylic acids is 1. The summed E-state index contributed by atoms with van der Waals surface area (Å²) in [7, 11) is 0. The maximum absolute atomic E-state index is 11.7. The maximum atomic E-state index is 11.7. The van der Waals surface area contributed by atoms with Crippen LogP contribution in [0.4, 0.5) is 11.4 Å². The minimum absolute atomic E-state index is 0.0446. The molecular formula is C12H16BrN3O3. The molecule has 7 heteroatoms. The summed E-state index contributed by atoms with van der Waals surface area (Å²) < 4.78 is 0.323. The van der Waals surface area contributed by atoms with Gasteiger partial charge in [0.1, 0.15) is 0 Å². The molecule has 0 radical (unpaired) electrons. The lowest BCUT2D eigenvalue weighted by Crippen LogP contribution is -2.31. The van der Waals surface area contributed by atoms with Crippen molar-refractivity contribution in [3.8, 4) is 0 Å². The van der Waals surface area contributed by atoms with Crippen molar-refractivity contribution in [1.82, 2.24) is 0 Å². The van der Waals surface area contributed by atoms with E-state index in [9.17, 15) is 14.9 Å². The summed E-state index contributed by atoms with van der Waals surface area (Å²) in [5.74, 6) is 0.0105. The zero-order valence-electron chi connectivity index (χ0n) is 10.7. The van der Waals surface area contributed by atoms with Crippen LogP contribution in [0, 0.1) is 16.0 Å². The number of halogens is 1. The first-order chi connectivity index (χ1) is 8.81. The Morgan fingerprint density at radius 1 is 1.53 bits per heavy atom. The van der Waals surface area contributed by atoms with Gasteiger partial charge in [-0.2, -0.15) is 0 Å². The molecule has 1 aromatic rings. The maximum Gasteiger partial charge on any atom is 0.283 e. The van der Waals surface area contributed by atoms with Gasteiger partial charge in [-0.1, -0.05) is 13.8 Å². The zero-order chi connectivity index (χ0) is 14.6. The Balaban J connectivity index is 2.70. The Morgan fingerprint density at radius 2 is 2.16 bits per heavy atom. The van der Waals surface area contributed by atoms with E-state index in [1.54, 1.807) is 0 Å². The largest absolute Gasteiger partial charge is 0.327 e. The van der Waals surface area contributed by atoms with Crippen LogP contribution in [0.5, 0.6) is 0 Å². The van der Waals surface area contributed by atoms with Crippen molar-refractivity contribution >= 4 is 33.2 Å². The molecule has 1 unspecified atom stereocenters. The highest BCUT2D eigenvalue weighted by atomic mass is 79.9. The summed E-state index contributed by atoms with van der Waals surface area (Å²) in [6, 6.07) is 4.11. The average molecular weight is 330 g/mol. The number of amides is 1. The predicted octanol–water partition coefficient (Wildman–Crippen LogP) is 2.67. The number of nitrogens with two attached hydrogens (primary N) is 1. The van der Waals surface area contributed by atoms with Gasteiger partial charge in [0.25, 0.3) is 5.69 Å². The minimum Gasteiger partial charge on any atom is -0.327 e. The van der Waals surface area contributed by atoms with Gasteiger partial charge in [-0.05, 0) is 34.0 Å². The molecule has 0 aliphatic heterocycles. The highest BCUT2D eigenvalue weighted by Gasteiger charge is 2.15. The molecule has 0 saturated heterocycles. The molecule has 19 heavy (non-hydrogen) atoms. The fourth-order valence-electron chi connectivity index (χ4n) is 1.39. The van der Waals surface area contributed by atoms with Gasteiger partial charge in [0.05, 0.1) is 9.40 Å². The van der Waals surface area contributed by atoms with Crippen molar-refractivity contribution in [2.24, 2.45) is 11.7 Å². The van der Waals surface area contributed by atoms with Gasteiger partial charge in [0.2, 0.25) is 5.91 Å². The SMILES string of the molecule is CC(C)C(N)CC(=O)Nc1ccc([N+](=O)[O-])c(Br)c1. The van der Waals surface area contributed by atoms with E-state index in [0.29, 0.717) is 10.2 Å². The molecule has 0 heterocycles. The lowest BCUT2D eigenvalue weighted by Gasteiger charge is -2.15. The molecule has 6 nitrogen and oxygen atoms in total. The number of hydrogen-bond acceptors (Lipinski definition) is 4. The molecule has 1 amide bonds. The van der Waals surface area contributed by atoms with Gasteiger partial charge < -0.3 is 11.1 Å². The quantitative estimate of drug-likeness (QED) is 0.640. The monoisotopic (exact) mass is 329 g/mol. The van der Waals surface area contributed by atoms with Gasteiger partial charge in [-0.3, -0.25) is 14.9 Å². The lowest BCUT2D eigenvalue weighted by atomic mass is 10.0. The second-order valence-electron chi connectivity index (χ2n) is 4.58. The second-order valence-corrected chi connectivity index (χ2v) is 5.44. The lowest BCUT2D eigenvalue weighted by molar-refractivity contribution is -0.385. The first kappa shape index (κ1) is 15.6. The second kappa shape index (κ2) is 6.63. The topological polar surface area (TPSA) is 98.3 Å². The van der Waals surface area contributed by atoms with Crippen LogP contribution in [-0.4, -0.2) is 16.9 Å². The van der Waals surface area contributed by atoms with Crippen LogP contribution >= 0.6 is 15.9 Å². The number of nitrogens with zero attached hydrogens (tertiary/aromatic N) is 1. The smallest absolute Gasteiger partial charge is 0.283 e. The molecule has 0 spiro atoms. The summed E-state index contributed by atoms with van der Waals surface area (Å²) in [5.41, 5.74) is 6.26. The first-order valence-electron chi connectivity index (χ1n) is 5.80. The van der Waals surface area contributed by atoms with Crippen LogP contribution in [0.15, 0.2) is 22.7 Å². The Bertz CT molecular complexity index is 491. The van der Waals surface area contributed by atoms with Gasteiger partial charge in [-0.25, -0.2) is 0 Å². The van der Waals surface area contributed by atoms with Crippen LogP contribution < -0.4 is 11.1 Å². The summed E-state index contributed by atoms with van der Waals surface area (Å²) >= 11 is 3.09. The van der Waals surface area contributed by atoms with Crippen LogP contribution in [0.3, 0.4) is 0 Å². The van der Waals surface area contributed by atoms with Crippen LogP contribution in [0.1, 0.15) is 20.3 Å². The molecule has 3 N–H and O–H groups in total. The van der Waals surface area contributed by atoms with Gasteiger partial charge >= 0.3 is 0 Å². The number of hydrogen-bond donors (Lipinski definition) is 2. The van der Waals surface area contributed by atoms with Crippen molar-refractivity contribution in [3.63, 3.8) is 0 Å². The number of nitrogens with one attached hydrogen (secondary N) is 1. The predicted molar refractivity (Wildman–Crippen MR) is 76.9 cm³/mol. The number of carbonyl (C=O) groups is 1. The third-order valence-corrected chi connectivity index (χ3v) is 3.34. The molecule has 0 aliphatic rings. The molecule has 0 saturated carbocycles. The summed E-state index contributed by atoms with van der Waals surface area (Å²) in [6.45, 7) is 3.89. The molecule has 0 aliphatic carbocycles. The van der Waals surface area contributed by atoms with Crippen molar-refractivity contribution in [3.05, 3.63) is 32.8 Å². The molecule has 0 fully saturated rings. The minimum atomic E-state index is -0.496. The van der Waals surface area contributed by atoms with E-state index in [-0.39, 0.29) is 30.0 Å². The van der Waals surface area contributed by atoms with E-state index in [4.69, 9.17) is 5.73 Å². The molecular weight excluding hydrogens is 314 g/mol. The van der Waals surface area contributed by atoms with Crippen LogP contribution in [0.2, 0.25) is 0 Å². The van der Waals surface area contributed by atoms with Crippen molar-refractivity contribution in [1.29, 1.82) is 0 Å². The fourth-order valence-corrected chi connectivity index (χ4v) is 1.92. The summed E-state index contributed by atoms with van der Waals surface area (Å²) in [4.78, 5) is 21.9. The fraction of sp³-hybridized carbons (Fsp3) is 0.417. The van der Waals surface area contributed by atoms with Crippen LogP contribution in [-0.2, 0) is 4.79 Å². The highest BCUT2D eigenvalue weighted by Crippen LogP contribution is 2.27. The number of benzene rings is 1. The Hall–Kier alpha value is -1.47. The molecule has 1 atom stereocenters. The number of nitro benzene ring substituents is 1. The van der Waals surface area contributed by atoms with Crippen molar-refractivity contribution in [2.75, 3.05) is 5.32 Å². The third-order valence-electron chi connectivity index (χ3n) is 2.71. The Kier molecular flexibility index (Phi) is 5.44. The van der Waals surface area contributed by atoms with Crippen molar-refractivity contribution < 1.29 is 9.72 Å². The standard InChI is InChI=1S/C12H16BrN3O3/c1-7(2)10(14)6-12(17)15-8-3-4-11(16(18)19)9(13)5-8/h3-5,7,10H,6,14H2,1-2H3,(H,15,17). The van der Waals surface area contributed by atoms with E-state index in [1.807, 2.05) is 13.8 Å². The van der Waals surface area contributed by atoms with E-state index >= 15 is 0 Å². The van der Waals surface area contributed by atoms with E-state index in [2.05, 4.69) is 21.2 Å². The molecule has 104 valence electrons. The summed E-state index contributed by atoms with van der Waals surface area (Å²) in [5, 5.41) is 13.3. The molecule has 1 rings (SSSR count). The van der Waals surface area contributed by atoms with E-state index in [0.717, 1.165) is 0 Å². The Morgan fingerprint density at radius 3 is 2.63 bits per heavy atom. The van der Waals surface area contributed by atoms with Gasteiger partial charge in [0, 0.05) is 24.2 Å². The summed E-state index contributed by atoms with van der Waals surface area (Å²) in [6.07, 6.45) is 0.215. The number of anilines is 1. The van der Waals surface area contributed by atoms with E-state index in [1.165, 1.54) is 18.2 Å². The van der Waals surface area contributed by atoms with Gasteiger partial charge in [-0.15, -0.1) is 0 Å². The average Bonchev–Trinajstić information content (AvgIpc) is 2.27. The number of nitro groups is 1. The highest BCUT2D eigenvalue weighted by molar-refractivity contribution is 9.10. The third kappa shape index (κ3) is 4.60. The van der Waals surface area contributed by atoms with Gasteiger partial charge in [0.15, 0.2) is 0 Å². The molecule has 0 bridgehead atoms. The zero-order valence-corrected chi connectivity index (χ0v) is 12.3. The van der Waals surface area contributed by atoms with E-state index < -0.39 is 4.92 Å². The normalized spacial score (nSPS) is 12.3. The van der Waals surface area contributed by atoms with Crippen molar-refractivity contribution in [2.45, 2.75) is 26.3 Å². The Labute approximate surface area is 119 Å².